The van der Waals surface area contributed by atoms with E-state index in [1.165, 1.54) is 0 Å². The van der Waals surface area contributed by atoms with E-state index < -0.39 is 17.7 Å². The van der Waals surface area contributed by atoms with Crippen molar-refractivity contribution < 1.29 is 18.3 Å². The van der Waals surface area contributed by atoms with Crippen LogP contribution in [0.15, 0.2) is 30.0 Å². The Hall–Kier alpha value is -1.95. The number of anilines is 1. The van der Waals surface area contributed by atoms with Crippen LogP contribution in [0.2, 0.25) is 0 Å². The summed E-state index contributed by atoms with van der Waals surface area (Å²) in [7, 11) is 0. The lowest BCUT2D eigenvalue weighted by molar-refractivity contribution is 0.119. The Morgan fingerprint density at radius 3 is 2.74 bits per heavy atom. The van der Waals surface area contributed by atoms with Gasteiger partial charge in [-0.1, -0.05) is 0 Å². The number of halogens is 2. The van der Waals surface area contributed by atoms with Crippen LogP contribution < -0.4 is 10.6 Å². The average molecular weight is 268 g/mol. The van der Waals surface area contributed by atoms with E-state index in [4.69, 9.17) is 4.74 Å². The molecule has 2 N–H and O–H groups in total. The molecule has 1 aliphatic heterocycles. The van der Waals surface area contributed by atoms with Crippen LogP contribution in [0.3, 0.4) is 0 Å². The van der Waals surface area contributed by atoms with Crippen molar-refractivity contribution in [1.29, 1.82) is 0 Å². The van der Waals surface area contributed by atoms with Gasteiger partial charge in [0.15, 0.2) is 0 Å². The first-order chi connectivity index (χ1) is 9.15. The second-order valence-corrected chi connectivity index (χ2v) is 4.14. The molecule has 19 heavy (non-hydrogen) atoms. The highest BCUT2D eigenvalue weighted by atomic mass is 19.1. The third-order valence-electron chi connectivity index (χ3n) is 2.72. The van der Waals surface area contributed by atoms with Gasteiger partial charge in [-0.3, -0.25) is 0 Å². The molecule has 0 aliphatic carbocycles. The molecule has 1 aliphatic rings. The van der Waals surface area contributed by atoms with Crippen LogP contribution in [0.25, 0.3) is 0 Å². The van der Waals surface area contributed by atoms with Gasteiger partial charge in [0.25, 0.3) is 0 Å². The van der Waals surface area contributed by atoms with E-state index in [1.807, 2.05) is 0 Å². The van der Waals surface area contributed by atoms with Crippen molar-refractivity contribution in [2.45, 2.75) is 12.8 Å². The topological polar surface area (TPSA) is 50.4 Å². The number of rotatable bonds is 2. The number of hydrogen-bond donors (Lipinski definition) is 2. The van der Waals surface area contributed by atoms with Crippen LogP contribution in [0.4, 0.5) is 19.3 Å². The molecular formula is C13H14F2N2O2. The van der Waals surface area contributed by atoms with Crippen LogP contribution in [0, 0.1) is 11.6 Å². The van der Waals surface area contributed by atoms with Crippen molar-refractivity contribution in [3.8, 4) is 0 Å². The van der Waals surface area contributed by atoms with Crippen molar-refractivity contribution in [2.24, 2.45) is 0 Å². The Balaban J connectivity index is 1.92. The van der Waals surface area contributed by atoms with Gasteiger partial charge in [0, 0.05) is 12.3 Å². The van der Waals surface area contributed by atoms with E-state index >= 15 is 0 Å². The van der Waals surface area contributed by atoms with E-state index in [9.17, 15) is 13.6 Å². The lowest BCUT2D eigenvalue weighted by Crippen LogP contribution is -2.25. The molecule has 0 unspecified atom stereocenters. The Kier molecular flexibility index (Phi) is 4.46. The minimum absolute atomic E-state index is 0.192. The van der Waals surface area contributed by atoms with Gasteiger partial charge in [0.05, 0.1) is 18.9 Å². The lowest BCUT2D eigenvalue weighted by atomic mass is 10.1. The number of carbonyl (C=O) groups is 1. The number of ether oxygens (including phenoxy) is 1. The predicted octanol–water partition coefficient (Wildman–Crippen LogP) is 2.78. The summed E-state index contributed by atoms with van der Waals surface area (Å²) in [5.41, 5.74) is 0.865. The molecule has 102 valence electrons. The van der Waals surface area contributed by atoms with Crippen LogP contribution >= 0.6 is 0 Å². The summed E-state index contributed by atoms with van der Waals surface area (Å²) in [6.07, 6.45) is 3.10. The number of nitrogens with one attached hydrogen (secondary N) is 2. The Labute approximate surface area is 109 Å². The summed E-state index contributed by atoms with van der Waals surface area (Å²) in [4.78, 5) is 11.5. The third-order valence-corrected chi connectivity index (χ3v) is 2.72. The normalized spacial score (nSPS) is 14.9. The van der Waals surface area contributed by atoms with Crippen LogP contribution in [0.5, 0.6) is 0 Å². The molecule has 2 rings (SSSR count). The van der Waals surface area contributed by atoms with Crippen LogP contribution in [-0.2, 0) is 4.74 Å². The molecule has 0 radical (unpaired) electrons. The van der Waals surface area contributed by atoms with Gasteiger partial charge in [-0.05, 0) is 30.5 Å². The minimum atomic E-state index is -0.685. The minimum Gasteiger partial charge on any atom is -0.381 e. The van der Waals surface area contributed by atoms with Gasteiger partial charge >= 0.3 is 6.03 Å². The Morgan fingerprint density at radius 2 is 2.00 bits per heavy atom. The third kappa shape index (κ3) is 4.03. The van der Waals surface area contributed by atoms with Crippen LogP contribution in [0.1, 0.15) is 12.8 Å². The fraction of sp³-hybridized carbons (Fsp3) is 0.308. The summed E-state index contributed by atoms with van der Waals surface area (Å²) in [6.45, 7) is 1.27. The van der Waals surface area contributed by atoms with Gasteiger partial charge in [-0.25, -0.2) is 13.6 Å². The molecule has 0 saturated carbocycles. The molecule has 1 aromatic rings. The highest BCUT2D eigenvalue weighted by Crippen LogP contribution is 2.15. The van der Waals surface area contributed by atoms with Crippen molar-refractivity contribution >= 4 is 11.7 Å². The van der Waals surface area contributed by atoms with E-state index in [1.54, 1.807) is 6.20 Å². The highest BCUT2D eigenvalue weighted by molar-refractivity contribution is 5.90. The van der Waals surface area contributed by atoms with Gasteiger partial charge in [-0.15, -0.1) is 0 Å². The first-order valence-corrected chi connectivity index (χ1v) is 5.93. The molecule has 1 heterocycles. The maximum atomic E-state index is 13.3. The summed E-state index contributed by atoms with van der Waals surface area (Å²) in [5, 5.41) is 4.74. The zero-order valence-electron chi connectivity index (χ0n) is 10.2. The second kappa shape index (κ2) is 6.29. The number of hydrogen-bond acceptors (Lipinski definition) is 2. The average Bonchev–Trinajstić information content (AvgIpc) is 2.42. The molecule has 0 bridgehead atoms. The van der Waals surface area contributed by atoms with E-state index in [0.29, 0.717) is 13.2 Å². The number of urea groups is 1. The molecule has 2 amide bonds. The standard InChI is InChI=1S/C13H14F2N2O2/c14-10-1-2-11(15)12(7-10)17-13(18)16-8-9-3-5-19-6-4-9/h1-2,7-8H,3-6H2,(H2,16,17,18). The van der Waals surface area contributed by atoms with E-state index in [0.717, 1.165) is 36.6 Å². The molecule has 1 aromatic carbocycles. The summed E-state index contributed by atoms with van der Waals surface area (Å²) in [6, 6.07) is 2.27. The number of carbonyl (C=O) groups excluding carboxylic acids is 1. The van der Waals surface area contributed by atoms with Gasteiger partial charge in [-0.2, -0.15) is 0 Å². The molecule has 4 nitrogen and oxygen atoms in total. The van der Waals surface area contributed by atoms with E-state index in [-0.39, 0.29) is 5.69 Å². The zero-order valence-corrected chi connectivity index (χ0v) is 10.2. The first kappa shape index (κ1) is 13.5. The van der Waals surface area contributed by atoms with Crippen molar-refractivity contribution in [2.75, 3.05) is 18.5 Å². The highest BCUT2D eigenvalue weighted by Gasteiger charge is 2.08. The molecule has 1 saturated heterocycles. The fourth-order valence-electron chi connectivity index (χ4n) is 1.70. The zero-order chi connectivity index (χ0) is 13.7. The van der Waals surface area contributed by atoms with E-state index in [2.05, 4.69) is 10.6 Å². The maximum Gasteiger partial charge on any atom is 0.323 e. The molecule has 0 aromatic heterocycles. The van der Waals surface area contributed by atoms with Gasteiger partial charge in [0.1, 0.15) is 11.6 Å². The molecule has 1 fully saturated rings. The summed E-state index contributed by atoms with van der Waals surface area (Å²) < 4.78 is 31.4. The first-order valence-electron chi connectivity index (χ1n) is 5.93. The summed E-state index contributed by atoms with van der Waals surface area (Å²) >= 11 is 0. The predicted molar refractivity (Wildman–Crippen MR) is 66.6 cm³/mol. The number of benzene rings is 1. The lowest BCUT2D eigenvalue weighted by Gasteiger charge is -2.14. The fourth-order valence-corrected chi connectivity index (χ4v) is 1.70. The Bertz CT molecular complexity index is 495. The molecule has 0 atom stereocenters. The summed E-state index contributed by atoms with van der Waals surface area (Å²) in [5.74, 6) is -1.30. The molecular weight excluding hydrogens is 254 g/mol. The van der Waals surface area contributed by atoms with Crippen molar-refractivity contribution in [3.05, 3.63) is 41.6 Å². The second-order valence-electron chi connectivity index (χ2n) is 4.14. The van der Waals surface area contributed by atoms with Crippen molar-refractivity contribution in [3.63, 3.8) is 0 Å². The quantitative estimate of drug-likeness (QED) is 0.866. The number of amides is 2. The van der Waals surface area contributed by atoms with Crippen LogP contribution in [-0.4, -0.2) is 19.2 Å². The maximum absolute atomic E-state index is 13.3. The SMILES string of the molecule is O=C(NC=C1CCOCC1)Nc1cc(F)ccc1F. The Morgan fingerprint density at radius 1 is 1.26 bits per heavy atom. The van der Waals surface area contributed by atoms with Crippen molar-refractivity contribution in [1.82, 2.24) is 5.32 Å². The molecule has 0 spiro atoms. The van der Waals surface area contributed by atoms with Gasteiger partial charge in [0.2, 0.25) is 0 Å². The smallest absolute Gasteiger partial charge is 0.323 e. The molecule has 6 heteroatoms. The largest absolute Gasteiger partial charge is 0.381 e. The van der Waals surface area contributed by atoms with Gasteiger partial charge < -0.3 is 15.4 Å². The monoisotopic (exact) mass is 268 g/mol.